The van der Waals surface area contributed by atoms with Crippen molar-refractivity contribution in [3.05, 3.63) is 5.82 Å². The van der Waals surface area contributed by atoms with E-state index >= 15 is 0 Å². The first kappa shape index (κ1) is 9.86. The van der Waals surface area contributed by atoms with Crippen LogP contribution in [0.4, 0.5) is 5.13 Å². The van der Waals surface area contributed by atoms with Gasteiger partial charge in [-0.05, 0) is 19.3 Å². The molecule has 0 aliphatic heterocycles. The monoisotopic (exact) mass is 213 g/mol. The van der Waals surface area contributed by atoms with Gasteiger partial charge in [-0.1, -0.05) is 6.92 Å². The van der Waals surface area contributed by atoms with Gasteiger partial charge in [0.05, 0.1) is 12.6 Å². The van der Waals surface area contributed by atoms with Crippen LogP contribution in [0.15, 0.2) is 0 Å². The van der Waals surface area contributed by atoms with Crippen LogP contribution >= 0.6 is 11.5 Å². The van der Waals surface area contributed by atoms with Crippen LogP contribution in [0.1, 0.15) is 37.9 Å². The molecule has 0 aromatic carbocycles. The molecule has 4 nitrogen and oxygen atoms in total. The zero-order chi connectivity index (χ0) is 9.97. The molecule has 1 aromatic heterocycles. The summed E-state index contributed by atoms with van der Waals surface area (Å²) in [7, 11) is 0. The lowest BCUT2D eigenvalue weighted by Crippen LogP contribution is -2.22. The van der Waals surface area contributed by atoms with Gasteiger partial charge < -0.3 is 10.4 Å². The van der Waals surface area contributed by atoms with Crippen LogP contribution in [-0.4, -0.2) is 27.1 Å². The highest BCUT2D eigenvalue weighted by Crippen LogP contribution is 2.39. The minimum Gasteiger partial charge on any atom is -0.394 e. The van der Waals surface area contributed by atoms with Crippen molar-refractivity contribution in [2.75, 3.05) is 11.9 Å². The largest absolute Gasteiger partial charge is 0.394 e. The van der Waals surface area contributed by atoms with Gasteiger partial charge in [0.15, 0.2) is 0 Å². The summed E-state index contributed by atoms with van der Waals surface area (Å²) in [5.41, 5.74) is 0. The van der Waals surface area contributed by atoms with Crippen molar-refractivity contribution in [2.45, 2.75) is 38.1 Å². The van der Waals surface area contributed by atoms with Crippen molar-refractivity contribution in [1.82, 2.24) is 9.36 Å². The van der Waals surface area contributed by atoms with E-state index in [1.165, 1.54) is 24.4 Å². The van der Waals surface area contributed by atoms with Gasteiger partial charge in [0.1, 0.15) is 5.82 Å². The van der Waals surface area contributed by atoms with Crippen molar-refractivity contribution in [1.29, 1.82) is 0 Å². The maximum atomic E-state index is 9.01. The SMILES string of the molecule is CCC(CO)Nc1nc(C2CC2)ns1. The summed E-state index contributed by atoms with van der Waals surface area (Å²) in [6, 6.07) is 0.106. The average Bonchev–Trinajstić information content (AvgIpc) is 2.96. The number of aliphatic hydroxyl groups excluding tert-OH is 1. The Kier molecular flexibility index (Phi) is 2.98. The second-order valence-electron chi connectivity index (χ2n) is 3.66. The fourth-order valence-corrected chi connectivity index (χ4v) is 1.98. The molecule has 1 heterocycles. The number of nitrogens with one attached hydrogen (secondary N) is 1. The highest BCUT2D eigenvalue weighted by Gasteiger charge is 2.27. The molecule has 78 valence electrons. The molecule has 0 saturated heterocycles. The molecule has 2 rings (SSSR count). The summed E-state index contributed by atoms with van der Waals surface area (Å²) >= 11 is 1.39. The zero-order valence-electron chi connectivity index (χ0n) is 8.23. The summed E-state index contributed by atoms with van der Waals surface area (Å²) in [5, 5.41) is 13.0. The Bertz CT molecular complexity index is 294. The molecule has 14 heavy (non-hydrogen) atoms. The van der Waals surface area contributed by atoms with Gasteiger partial charge in [-0.2, -0.15) is 4.37 Å². The first-order chi connectivity index (χ1) is 6.83. The van der Waals surface area contributed by atoms with Gasteiger partial charge >= 0.3 is 0 Å². The minimum atomic E-state index is 0.106. The standard InChI is InChI=1S/C9H15N3OS/c1-2-7(5-13)10-9-11-8(12-14-9)6-3-4-6/h6-7,13H,2-5H2,1H3,(H,10,11,12). The Morgan fingerprint density at radius 2 is 2.43 bits per heavy atom. The Labute approximate surface area is 87.5 Å². The van der Waals surface area contributed by atoms with Gasteiger partial charge in [-0.15, -0.1) is 0 Å². The van der Waals surface area contributed by atoms with Gasteiger partial charge in [0.25, 0.3) is 0 Å². The van der Waals surface area contributed by atoms with Gasteiger partial charge in [-0.3, -0.25) is 0 Å². The molecule has 1 fully saturated rings. The van der Waals surface area contributed by atoms with E-state index in [1.54, 1.807) is 0 Å². The molecule has 0 spiro atoms. The highest BCUT2D eigenvalue weighted by atomic mass is 32.1. The number of aliphatic hydroxyl groups is 1. The van der Waals surface area contributed by atoms with Crippen LogP contribution in [-0.2, 0) is 0 Å². The molecule has 1 aromatic rings. The first-order valence-corrected chi connectivity index (χ1v) is 5.81. The lowest BCUT2D eigenvalue weighted by molar-refractivity contribution is 0.272. The maximum Gasteiger partial charge on any atom is 0.202 e. The fourth-order valence-electron chi connectivity index (χ4n) is 1.25. The van der Waals surface area contributed by atoms with E-state index in [1.807, 2.05) is 6.92 Å². The van der Waals surface area contributed by atoms with Crippen molar-refractivity contribution in [2.24, 2.45) is 0 Å². The zero-order valence-corrected chi connectivity index (χ0v) is 9.05. The first-order valence-electron chi connectivity index (χ1n) is 5.04. The van der Waals surface area contributed by atoms with E-state index in [-0.39, 0.29) is 12.6 Å². The molecule has 1 saturated carbocycles. The normalized spacial score (nSPS) is 18.1. The summed E-state index contributed by atoms with van der Waals surface area (Å²) in [4.78, 5) is 4.39. The van der Waals surface area contributed by atoms with Crippen molar-refractivity contribution < 1.29 is 5.11 Å². The van der Waals surface area contributed by atoms with Crippen LogP contribution in [0.2, 0.25) is 0 Å². The quantitative estimate of drug-likeness (QED) is 0.780. The lowest BCUT2D eigenvalue weighted by Gasteiger charge is -2.11. The molecular weight excluding hydrogens is 198 g/mol. The molecule has 2 N–H and O–H groups in total. The number of hydrogen-bond donors (Lipinski definition) is 2. The predicted octanol–water partition coefficient (Wildman–Crippen LogP) is 1.60. The number of rotatable bonds is 5. The Morgan fingerprint density at radius 3 is 3.00 bits per heavy atom. The van der Waals surface area contributed by atoms with E-state index in [0.29, 0.717) is 5.92 Å². The van der Waals surface area contributed by atoms with Crippen molar-refractivity contribution in [3.63, 3.8) is 0 Å². The molecule has 1 aliphatic carbocycles. The van der Waals surface area contributed by atoms with Crippen molar-refractivity contribution >= 4 is 16.7 Å². The molecule has 1 atom stereocenters. The molecular formula is C9H15N3OS. The third kappa shape index (κ3) is 2.22. The number of aromatic nitrogens is 2. The Hall–Kier alpha value is -0.680. The summed E-state index contributed by atoms with van der Waals surface area (Å²) < 4.78 is 4.29. The van der Waals surface area contributed by atoms with Gasteiger partial charge in [0.2, 0.25) is 5.13 Å². The van der Waals surface area contributed by atoms with Crippen LogP contribution in [0, 0.1) is 0 Å². The highest BCUT2D eigenvalue weighted by molar-refractivity contribution is 7.09. The van der Waals surface area contributed by atoms with E-state index < -0.39 is 0 Å². The summed E-state index contributed by atoms with van der Waals surface area (Å²) in [6.07, 6.45) is 3.36. The summed E-state index contributed by atoms with van der Waals surface area (Å²) in [5.74, 6) is 1.58. The van der Waals surface area contributed by atoms with Crippen LogP contribution < -0.4 is 5.32 Å². The third-order valence-electron chi connectivity index (χ3n) is 2.43. The third-order valence-corrected chi connectivity index (χ3v) is 3.09. The number of anilines is 1. The van der Waals surface area contributed by atoms with Crippen molar-refractivity contribution in [3.8, 4) is 0 Å². The van der Waals surface area contributed by atoms with Crippen LogP contribution in [0.5, 0.6) is 0 Å². The van der Waals surface area contributed by atoms with Gasteiger partial charge in [-0.25, -0.2) is 4.98 Å². The van der Waals surface area contributed by atoms with Crippen LogP contribution in [0.25, 0.3) is 0 Å². The van der Waals surface area contributed by atoms with E-state index in [2.05, 4.69) is 14.7 Å². The predicted molar refractivity (Wildman–Crippen MR) is 56.7 cm³/mol. The molecule has 1 aliphatic rings. The van der Waals surface area contributed by atoms with Crippen LogP contribution in [0.3, 0.4) is 0 Å². The lowest BCUT2D eigenvalue weighted by atomic mass is 10.2. The topological polar surface area (TPSA) is 58.0 Å². The van der Waals surface area contributed by atoms with E-state index in [4.69, 9.17) is 5.11 Å². The van der Waals surface area contributed by atoms with E-state index in [9.17, 15) is 0 Å². The molecule has 0 bridgehead atoms. The maximum absolute atomic E-state index is 9.01. The smallest absolute Gasteiger partial charge is 0.202 e. The summed E-state index contributed by atoms with van der Waals surface area (Å²) in [6.45, 7) is 2.19. The molecule has 0 radical (unpaired) electrons. The molecule has 1 unspecified atom stereocenters. The second kappa shape index (κ2) is 4.23. The average molecular weight is 213 g/mol. The molecule has 5 heteroatoms. The Morgan fingerprint density at radius 1 is 1.64 bits per heavy atom. The fraction of sp³-hybridized carbons (Fsp3) is 0.778. The number of nitrogens with zero attached hydrogens (tertiary/aromatic N) is 2. The molecule has 0 amide bonds. The van der Waals surface area contributed by atoms with Gasteiger partial charge in [0, 0.05) is 17.5 Å². The second-order valence-corrected chi connectivity index (χ2v) is 4.42. The number of hydrogen-bond acceptors (Lipinski definition) is 5. The minimum absolute atomic E-state index is 0.106. The Balaban J connectivity index is 1.94. The van der Waals surface area contributed by atoms with E-state index in [0.717, 1.165) is 17.4 Å².